The first-order valence-electron chi connectivity index (χ1n) is 8.29. The van der Waals surface area contributed by atoms with Gasteiger partial charge in [0.15, 0.2) is 23.8 Å². The maximum atomic E-state index is 12.8. The molecular weight excluding hydrogens is 378 g/mol. The van der Waals surface area contributed by atoms with Crippen molar-refractivity contribution in [3.8, 4) is 5.75 Å². The third-order valence-corrected chi connectivity index (χ3v) is 4.28. The van der Waals surface area contributed by atoms with Gasteiger partial charge < -0.3 is 33.4 Å². The van der Waals surface area contributed by atoms with Crippen molar-refractivity contribution in [3.63, 3.8) is 0 Å². The minimum Gasteiger partial charge on any atom is -0.426 e. The van der Waals surface area contributed by atoms with E-state index in [1.807, 2.05) is 0 Å². The molecule has 2 aliphatic rings. The average molecular weight is 393 g/mol. The largest absolute Gasteiger partial charge is 0.519 e. The maximum absolute atomic E-state index is 12.8. The van der Waals surface area contributed by atoms with Crippen LogP contribution < -0.4 is 21.4 Å². The van der Waals surface area contributed by atoms with Crippen molar-refractivity contribution in [1.82, 2.24) is 9.58 Å². The Bertz CT molecular complexity index is 1050. The topological polar surface area (TPSA) is 142 Å². The highest BCUT2D eigenvalue weighted by Gasteiger charge is 2.37. The molecule has 1 amide bonds. The summed E-state index contributed by atoms with van der Waals surface area (Å²) in [5, 5.41) is 0. The zero-order valence-electron chi connectivity index (χ0n) is 14.6. The molecular formula is C16H15N3O9. The monoisotopic (exact) mass is 393 g/mol. The number of morpholine rings is 1. The number of carbonyl (C=O) groups excluding carboxylic acids is 2. The smallest absolute Gasteiger partial charge is 0.426 e. The second-order valence-corrected chi connectivity index (χ2v) is 6.02. The van der Waals surface area contributed by atoms with Crippen LogP contribution in [0.3, 0.4) is 0 Å². The van der Waals surface area contributed by atoms with E-state index in [1.54, 1.807) is 0 Å². The number of rotatable bonds is 3. The Kier molecular flexibility index (Phi) is 4.39. The predicted molar refractivity (Wildman–Crippen MR) is 88.5 cm³/mol. The zero-order chi connectivity index (χ0) is 19.8. The van der Waals surface area contributed by atoms with Crippen LogP contribution in [0.25, 0.3) is 0 Å². The number of ether oxygens (including phenoxy) is 3. The van der Waals surface area contributed by atoms with E-state index < -0.39 is 41.8 Å². The molecule has 0 unspecified atom stereocenters. The van der Waals surface area contributed by atoms with Gasteiger partial charge in [-0.15, -0.1) is 0 Å². The van der Waals surface area contributed by atoms with Crippen LogP contribution in [0.5, 0.6) is 5.75 Å². The zero-order valence-corrected chi connectivity index (χ0v) is 14.6. The van der Waals surface area contributed by atoms with E-state index in [2.05, 4.69) is 9.84 Å². The van der Waals surface area contributed by atoms with E-state index in [-0.39, 0.29) is 23.8 Å². The summed E-state index contributed by atoms with van der Waals surface area (Å²) in [4.78, 5) is 49.5. The van der Waals surface area contributed by atoms with E-state index in [0.717, 1.165) is 6.07 Å². The molecule has 1 fully saturated rings. The molecule has 12 heteroatoms. The van der Waals surface area contributed by atoms with E-state index in [9.17, 15) is 19.2 Å². The van der Waals surface area contributed by atoms with Gasteiger partial charge in [0.25, 0.3) is 5.91 Å². The molecule has 0 spiro atoms. The van der Waals surface area contributed by atoms with Gasteiger partial charge in [0.2, 0.25) is 11.2 Å². The van der Waals surface area contributed by atoms with Gasteiger partial charge in [-0.3, -0.25) is 14.3 Å². The first kappa shape index (κ1) is 17.9. The molecule has 0 saturated carbocycles. The first-order chi connectivity index (χ1) is 13.4. The standard InChI is InChI=1S/C16H15N3O9/c1-8-10(27-16(23)26-8)6-25-15(22)28-13-9(20)2-3-19-12(13)14(21)18-4-5-24-7-11(18)17-19/h2-3,11,17H,4-7H2,1H3/t11-/m0/s1. The number of hydrogen-bond donors (Lipinski definition) is 1. The number of nitrogens with one attached hydrogen (secondary N) is 1. The highest BCUT2D eigenvalue weighted by Crippen LogP contribution is 2.23. The predicted octanol–water partition coefficient (Wildman–Crippen LogP) is -0.226. The number of nitrogens with zero attached hydrogens (tertiary/aromatic N) is 2. The van der Waals surface area contributed by atoms with Crippen LogP contribution in [-0.2, 0) is 16.1 Å². The molecule has 0 aromatic carbocycles. The molecule has 2 aromatic rings. The normalized spacial score (nSPS) is 18.1. The lowest BCUT2D eigenvalue weighted by Crippen LogP contribution is -2.59. The molecule has 12 nitrogen and oxygen atoms in total. The fraction of sp³-hybridized carbons (Fsp3) is 0.375. The van der Waals surface area contributed by atoms with Crippen molar-refractivity contribution in [2.45, 2.75) is 19.7 Å². The van der Waals surface area contributed by atoms with Crippen molar-refractivity contribution in [1.29, 1.82) is 0 Å². The minimum atomic E-state index is -1.24. The Morgan fingerprint density at radius 1 is 1.32 bits per heavy atom. The number of aryl methyl sites for hydroxylation is 1. The van der Waals surface area contributed by atoms with Gasteiger partial charge in [0.1, 0.15) is 6.17 Å². The van der Waals surface area contributed by atoms with Crippen LogP contribution in [0.4, 0.5) is 4.79 Å². The summed E-state index contributed by atoms with van der Waals surface area (Å²) in [7, 11) is 0. The average Bonchev–Trinajstić information content (AvgIpc) is 3.00. The fourth-order valence-electron chi connectivity index (χ4n) is 2.92. The van der Waals surface area contributed by atoms with Crippen LogP contribution in [0.1, 0.15) is 22.0 Å². The second-order valence-electron chi connectivity index (χ2n) is 6.02. The molecule has 148 valence electrons. The van der Waals surface area contributed by atoms with Crippen molar-refractivity contribution >= 4 is 12.1 Å². The van der Waals surface area contributed by atoms with Crippen LogP contribution in [0, 0.1) is 6.92 Å². The Morgan fingerprint density at radius 3 is 2.89 bits per heavy atom. The van der Waals surface area contributed by atoms with Crippen LogP contribution >= 0.6 is 0 Å². The molecule has 0 aliphatic carbocycles. The minimum absolute atomic E-state index is 0.00247. The van der Waals surface area contributed by atoms with Crippen LogP contribution in [-0.4, -0.2) is 47.6 Å². The second kappa shape index (κ2) is 6.88. The molecule has 1 N–H and O–H groups in total. The molecule has 0 bridgehead atoms. The van der Waals surface area contributed by atoms with E-state index in [0.29, 0.717) is 13.2 Å². The molecule has 1 atom stereocenters. The van der Waals surface area contributed by atoms with Gasteiger partial charge >= 0.3 is 12.0 Å². The van der Waals surface area contributed by atoms with Gasteiger partial charge in [0.05, 0.1) is 13.2 Å². The van der Waals surface area contributed by atoms with E-state index >= 15 is 0 Å². The third-order valence-electron chi connectivity index (χ3n) is 4.28. The SMILES string of the molecule is Cc1oc(=O)oc1COC(=O)Oc1c2n(ccc1=O)N[C@@H]1COCCN1C2=O. The lowest BCUT2D eigenvalue weighted by atomic mass is 10.2. The summed E-state index contributed by atoms with van der Waals surface area (Å²) in [6, 6.07) is 1.14. The summed E-state index contributed by atoms with van der Waals surface area (Å²) in [6.45, 7) is 1.98. The number of hydrogen-bond acceptors (Lipinski definition) is 10. The van der Waals surface area contributed by atoms with Gasteiger partial charge in [-0.05, 0) is 6.92 Å². The number of aromatic nitrogens is 1. The Morgan fingerprint density at radius 2 is 2.14 bits per heavy atom. The summed E-state index contributed by atoms with van der Waals surface area (Å²) >= 11 is 0. The molecule has 2 aromatic heterocycles. The van der Waals surface area contributed by atoms with Gasteiger partial charge in [0, 0.05) is 18.8 Å². The Labute approximate surface area is 156 Å². The number of pyridine rings is 1. The van der Waals surface area contributed by atoms with Gasteiger partial charge in [-0.25, -0.2) is 9.59 Å². The number of fused-ring (bicyclic) bond motifs is 2. The van der Waals surface area contributed by atoms with E-state index in [1.165, 1.54) is 22.7 Å². The molecule has 1 saturated heterocycles. The van der Waals surface area contributed by atoms with Crippen molar-refractivity contribution < 1.29 is 32.6 Å². The summed E-state index contributed by atoms with van der Waals surface area (Å²) in [5.74, 6) is -1.74. The summed E-state index contributed by atoms with van der Waals surface area (Å²) in [6.07, 6.45) is -0.280. The molecule has 2 aliphatic heterocycles. The third kappa shape index (κ3) is 3.13. The number of amides is 1. The lowest BCUT2D eigenvalue weighted by molar-refractivity contribution is -0.00325. The van der Waals surface area contributed by atoms with Crippen LogP contribution in [0.15, 0.2) is 30.7 Å². The highest BCUT2D eigenvalue weighted by atomic mass is 16.7. The van der Waals surface area contributed by atoms with Crippen LogP contribution in [0.2, 0.25) is 0 Å². The Balaban J connectivity index is 1.56. The van der Waals surface area contributed by atoms with E-state index in [4.69, 9.17) is 18.6 Å². The summed E-state index contributed by atoms with van der Waals surface area (Å²) in [5.41, 5.74) is 2.20. The quantitative estimate of drug-likeness (QED) is 0.695. The molecule has 28 heavy (non-hydrogen) atoms. The maximum Gasteiger partial charge on any atom is 0.519 e. The molecule has 0 radical (unpaired) electrons. The van der Waals surface area contributed by atoms with Gasteiger partial charge in [-0.2, -0.15) is 0 Å². The highest BCUT2D eigenvalue weighted by molar-refractivity contribution is 5.97. The van der Waals surface area contributed by atoms with Crippen molar-refractivity contribution in [2.24, 2.45) is 0 Å². The fourth-order valence-corrected chi connectivity index (χ4v) is 2.92. The first-order valence-corrected chi connectivity index (χ1v) is 8.29. The molecule has 4 rings (SSSR count). The number of carbonyl (C=O) groups is 2. The summed E-state index contributed by atoms with van der Waals surface area (Å²) < 4.78 is 25.8. The van der Waals surface area contributed by atoms with Crippen molar-refractivity contribution in [2.75, 3.05) is 25.2 Å². The lowest BCUT2D eigenvalue weighted by Gasteiger charge is -2.41. The molecule has 4 heterocycles. The van der Waals surface area contributed by atoms with Gasteiger partial charge in [-0.1, -0.05) is 0 Å². The van der Waals surface area contributed by atoms with Crippen molar-refractivity contribution in [3.05, 3.63) is 50.3 Å². The Hall–Kier alpha value is -3.54.